The topological polar surface area (TPSA) is 18.5 Å². The van der Waals surface area contributed by atoms with E-state index in [9.17, 15) is 0 Å². The summed E-state index contributed by atoms with van der Waals surface area (Å²) in [6.45, 7) is 8.88. The molecular weight excluding hydrogens is 226 g/mol. The van der Waals surface area contributed by atoms with Crippen molar-refractivity contribution in [1.29, 1.82) is 0 Å². The Labute approximate surface area is 76.4 Å². The summed E-state index contributed by atoms with van der Waals surface area (Å²) < 4.78 is 10.9. The van der Waals surface area contributed by atoms with Crippen LogP contribution in [0.5, 0.6) is 0 Å². The molecule has 0 aliphatic carbocycles. The van der Waals surface area contributed by atoms with Crippen molar-refractivity contribution < 1.29 is 9.05 Å². The van der Waals surface area contributed by atoms with E-state index < -0.39 is 5.96 Å². The van der Waals surface area contributed by atoms with Crippen LogP contribution in [0.2, 0.25) is 0 Å². The monoisotopic (exact) mass is 242 g/mol. The van der Waals surface area contributed by atoms with Gasteiger partial charge in [-0.1, -0.05) is 0 Å². The van der Waals surface area contributed by atoms with Gasteiger partial charge in [0.1, 0.15) is 0 Å². The van der Waals surface area contributed by atoms with Crippen molar-refractivity contribution >= 4 is 21.1 Å². The van der Waals surface area contributed by atoms with Gasteiger partial charge >= 0.3 is 76.0 Å². The maximum absolute atomic E-state index is 5.48. The standard InChI is InChI=1S/C7H15O2PSe/c1-4-7-9-10(11,6-3)8-5-2/h4H,1,5-7H2,2-3H3. The van der Waals surface area contributed by atoms with Crippen LogP contribution in [-0.2, 0) is 9.05 Å². The van der Waals surface area contributed by atoms with E-state index in [1.165, 1.54) is 0 Å². The molecule has 0 aliphatic rings. The SMILES string of the molecule is C=CCOP(=[Se])(CC)OCC. The van der Waals surface area contributed by atoms with E-state index in [4.69, 9.17) is 9.05 Å². The molecule has 4 heteroatoms. The molecule has 1 atom stereocenters. The average molecular weight is 241 g/mol. The molecule has 0 aromatic carbocycles. The summed E-state index contributed by atoms with van der Waals surface area (Å²) in [6, 6.07) is 0. The van der Waals surface area contributed by atoms with E-state index in [2.05, 4.69) is 28.6 Å². The quantitative estimate of drug-likeness (QED) is 0.403. The molecule has 0 N–H and O–H groups in total. The molecular formula is C7H15O2PSe. The number of rotatable bonds is 6. The van der Waals surface area contributed by atoms with Crippen molar-refractivity contribution in [1.82, 2.24) is 0 Å². The van der Waals surface area contributed by atoms with Crippen LogP contribution < -0.4 is 0 Å². The van der Waals surface area contributed by atoms with Crippen molar-refractivity contribution in [3.63, 3.8) is 0 Å². The average Bonchev–Trinajstić information content (AvgIpc) is 2.02. The van der Waals surface area contributed by atoms with Gasteiger partial charge in [-0.05, 0) is 0 Å². The zero-order valence-corrected chi connectivity index (χ0v) is 9.69. The second-order valence-electron chi connectivity index (χ2n) is 1.93. The number of hydrogen-bond acceptors (Lipinski definition) is 2. The van der Waals surface area contributed by atoms with Gasteiger partial charge in [0, 0.05) is 0 Å². The molecule has 0 spiro atoms. The Morgan fingerprint density at radius 3 is 2.45 bits per heavy atom. The summed E-state index contributed by atoms with van der Waals surface area (Å²) in [7, 11) is 0. The predicted molar refractivity (Wildman–Crippen MR) is 51.0 cm³/mol. The summed E-state index contributed by atoms with van der Waals surface area (Å²) in [5.74, 6) is -1.66. The van der Waals surface area contributed by atoms with Crippen LogP contribution in [0.25, 0.3) is 0 Å². The van der Waals surface area contributed by atoms with E-state index >= 15 is 0 Å². The minimum absolute atomic E-state index is 0.564. The molecule has 66 valence electrons. The van der Waals surface area contributed by atoms with Gasteiger partial charge in [-0.15, -0.1) is 0 Å². The van der Waals surface area contributed by atoms with Gasteiger partial charge in [-0.2, -0.15) is 0 Å². The molecule has 0 amide bonds. The van der Waals surface area contributed by atoms with E-state index in [0.29, 0.717) is 13.2 Å². The van der Waals surface area contributed by atoms with Crippen LogP contribution in [0.3, 0.4) is 0 Å². The zero-order valence-electron chi connectivity index (χ0n) is 7.08. The molecule has 0 aliphatic heterocycles. The van der Waals surface area contributed by atoms with Crippen molar-refractivity contribution in [3.05, 3.63) is 12.7 Å². The first-order valence-electron chi connectivity index (χ1n) is 3.67. The van der Waals surface area contributed by atoms with Crippen LogP contribution in [0, 0.1) is 0 Å². The Morgan fingerprint density at radius 2 is 2.09 bits per heavy atom. The van der Waals surface area contributed by atoms with Crippen LogP contribution in [0.15, 0.2) is 12.7 Å². The number of hydrogen-bond donors (Lipinski definition) is 0. The Morgan fingerprint density at radius 1 is 1.45 bits per heavy atom. The second kappa shape index (κ2) is 6.16. The fourth-order valence-electron chi connectivity index (χ4n) is 0.583. The Bertz CT molecular complexity index is 159. The van der Waals surface area contributed by atoms with E-state index in [-0.39, 0.29) is 0 Å². The van der Waals surface area contributed by atoms with Gasteiger partial charge < -0.3 is 0 Å². The second-order valence-corrected chi connectivity index (χ2v) is 7.80. The summed E-state index contributed by atoms with van der Waals surface area (Å²) in [5, 5.41) is 0. The fourth-order valence-corrected chi connectivity index (χ4v) is 2.79. The molecule has 0 fully saturated rings. The molecule has 11 heavy (non-hydrogen) atoms. The van der Waals surface area contributed by atoms with Gasteiger partial charge in [-0.3, -0.25) is 0 Å². The van der Waals surface area contributed by atoms with Crippen molar-refractivity contribution in [2.75, 3.05) is 19.4 Å². The molecule has 0 rings (SSSR count). The summed E-state index contributed by atoms with van der Waals surface area (Å²) in [6.07, 6.45) is 2.65. The van der Waals surface area contributed by atoms with Gasteiger partial charge in [0.2, 0.25) is 0 Å². The third kappa shape index (κ3) is 4.95. The van der Waals surface area contributed by atoms with Crippen molar-refractivity contribution in [2.45, 2.75) is 13.8 Å². The van der Waals surface area contributed by atoms with Gasteiger partial charge in [0.25, 0.3) is 0 Å². The fraction of sp³-hybridized carbons (Fsp3) is 0.714. The molecule has 1 unspecified atom stereocenters. The molecule has 0 saturated heterocycles. The third-order valence-corrected chi connectivity index (χ3v) is 6.02. The molecule has 2 nitrogen and oxygen atoms in total. The Hall–Kier alpha value is 0.609. The third-order valence-electron chi connectivity index (χ3n) is 1.10. The van der Waals surface area contributed by atoms with E-state index in [0.717, 1.165) is 6.16 Å². The normalized spacial score (nSPS) is 15.8. The maximum atomic E-state index is 5.48. The molecule has 0 heterocycles. The van der Waals surface area contributed by atoms with Crippen LogP contribution in [-0.4, -0.2) is 34.5 Å². The summed E-state index contributed by atoms with van der Waals surface area (Å²) in [4.78, 5) is 0. The van der Waals surface area contributed by atoms with Gasteiger partial charge in [0.15, 0.2) is 0 Å². The Kier molecular flexibility index (Phi) is 6.50. The molecule has 0 aromatic rings. The first-order valence-corrected chi connectivity index (χ1v) is 7.70. The van der Waals surface area contributed by atoms with Crippen molar-refractivity contribution in [2.24, 2.45) is 0 Å². The first kappa shape index (κ1) is 11.6. The summed E-state index contributed by atoms with van der Waals surface area (Å²) in [5.41, 5.74) is 0. The Balaban J connectivity index is 3.88. The molecule has 0 radical (unpaired) electrons. The zero-order chi connectivity index (χ0) is 8.74. The first-order chi connectivity index (χ1) is 5.18. The predicted octanol–water partition coefficient (Wildman–Crippen LogP) is 2.18. The molecule has 0 saturated carbocycles. The van der Waals surface area contributed by atoms with Gasteiger partial charge in [-0.25, -0.2) is 0 Å². The summed E-state index contributed by atoms with van der Waals surface area (Å²) >= 11 is 2.99. The molecule has 0 aromatic heterocycles. The van der Waals surface area contributed by atoms with E-state index in [1.54, 1.807) is 6.08 Å². The van der Waals surface area contributed by atoms with Crippen molar-refractivity contribution in [3.8, 4) is 0 Å². The van der Waals surface area contributed by atoms with Gasteiger partial charge in [0.05, 0.1) is 0 Å². The minimum atomic E-state index is -1.66. The van der Waals surface area contributed by atoms with E-state index in [1.807, 2.05) is 6.92 Å². The van der Waals surface area contributed by atoms with Crippen LogP contribution in [0.1, 0.15) is 13.8 Å². The van der Waals surface area contributed by atoms with Crippen LogP contribution in [0.4, 0.5) is 0 Å². The van der Waals surface area contributed by atoms with Crippen LogP contribution >= 0.6 is 5.96 Å². The molecule has 0 bridgehead atoms.